The van der Waals surface area contributed by atoms with Gasteiger partial charge in [-0.2, -0.15) is 5.10 Å². The molecule has 1 aliphatic heterocycles. The van der Waals surface area contributed by atoms with Gasteiger partial charge in [-0.1, -0.05) is 30.3 Å². The number of rotatable bonds is 4. The number of phenolic OH excluding ortho intramolecular Hbond substituents is 1. The molecule has 1 aliphatic carbocycles. The number of H-pyrrole nitrogens is 1. The Labute approximate surface area is 167 Å². The van der Waals surface area contributed by atoms with Crippen LogP contribution >= 0.6 is 7.82 Å². The largest absolute Gasteiger partial charge is 0.524 e. The molecule has 0 fully saturated rings. The van der Waals surface area contributed by atoms with E-state index in [-0.39, 0.29) is 17.5 Å². The van der Waals surface area contributed by atoms with Crippen molar-refractivity contribution in [2.24, 2.45) is 0 Å². The molecule has 0 amide bonds. The van der Waals surface area contributed by atoms with Crippen LogP contribution in [0.1, 0.15) is 28.3 Å². The van der Waals surface area contributed by atoms with Gasteiger partial charge in [0.25, 0.3) is 0 Å². The van der Waals surface area contributed by atoms with E-state index in [1.165, 1.54) is 5.56 Å². The maximum Gasteiger partial charge on any atom is 0.524 e. The summed E-state index contributed by atoms with van der Waals surface area (Å²) >= 11 is 0. The van der Waals surface area contributed by atoms with Crippen LogP contribution in [0.4, 0.5) is 0 Å². The van der Waals surface area contributed by atoms with Gasteiger partial charge in [-0.15, -0.1) is 0 Å². The molecule has 1 unspecified atom stereocenters. The van der Waals surface area contributed by atoms with Crippen molar-refractivity contribution < 1.29 is 24.0 Å². The van der Waals surface area contributed by atoms with Gasteiger partial charge in [0.05, 0.1) is 11.3 Å². The molecule has 5 rings (SSSR count). The molecule has 150 valence electrons. The van der Waals surface area contributed by atoms with Crippen LogP contribution in [-0.2, 0) is 24.0 Å². The highest BCUT2D eigenvalue weighted by molar-refractivity contribution is 7.46. The average molecular weight is 413 g/mol. The van der Waals surface area contributed by atoms with Gasteiger partial charge in [-0.25, -0.2) is 4.57 Å². The molecule has 9 heteroatoms. The van der Waals surface area contributed by atoms with Crippen LogP contribution in [0.2, 0.25) is 0 Å². The molecule has 29 heavy (non-hydrogen) atoms. The van der Waals surface area contributed by atoms with Crippen LogP contribution in [0.15, 0.2) is 42.6 Å². The molecular formula is C20H20N3O5P. The molecule has 4 N–H and O–H groups in total. The fraction of sp³-hybridized carbons (Fsp3) is 0.250. The number of benzene rings is 2. The zero-order chi connectivity index (χ0) is 20.2. The van der Waals surface area contributed by atoms with Gasteiger partial charge in [0.15, 0.2) is 11.5 Å². The van der Waals surface area contributed by atoms with Crippen LogP contribution in [0.25, 0.3) is 11.3 Å². The monoisotopic (exact) mass is 413 g/mol. The summed E-state index contributed by atoms with van der Waals surface area (Å²) in [6, 6.07) is 11.8. The van der Waals surface area contributed by atoms with Crippen molar-refractivity contribution in [1.82, 2.24) is 15.1 Å². The molecule has 0 radical (unpaired) electrons. The van der Waals surface area contributed by atoms with Crippen molar-refractivity contribution in [2.75, 3.05) is 6.54 Å². The third-order valence-electron chi connectivity index (χ3n) is 5.65. The molecule has 0 saturated heterocycles. The minimum absolute atomic E-state index is 0.0362. The van der Waals surface area contributed by atoms with Crippen LogP contribution < -0.4 is 4.52 Å². The van der Waals surface area contributed by atoms with E-state index in [4.69, 9.17) is 4.52 Å². The van der Waals surface area contributed by atoms with Crippen LogP contribution in [-0.4, -0.2) is 36.5 Å². The zero-order valence-electron chi connectivity index (χ0n) is 15.4. The summed E-state index contributed by atoms with van der Waals surface area (Å²) in [5, 5.41) is 18.0. The van der Waals surface area contributed by atoms with E-state index in [1.54, 1.807) is 6.07 Å². The first-order chi connectivity index (χ1) is 13.9. The summed E-state index contributed by atoms with van der Waals surface area (Å²) < 4.78 is 16.2. The second-order valence-electron chi connectivity index (χ2n) is 7.44. The predicted octanol–water partition coefficient (Wildman–Crippen LogP) is 2.91. The highest BCUT2D eigenvalue weighted by atomic mass is 31.2. The first-order valence-corrected chi connectivity index (χ1v) is 10.9. The number of phosphoric ester groups is 1. The van der Waals surface area contributed by atoms with E-state index in [9.17, 15) is 19.5 Å². The minimum Gasteiger partial charge on any atom is -0.504 e. The van der Waals surface area contributed by atoms with Gasteiger partial charge in [0.2, 0.25) is 0 Å². The van der Waals surface area contributed by atoms with Crippen LogP contribution in [0.3, 0.4) is 0 Å². The Morgan fingerprint density at radius 3 is 2.79 bits per heavy atom. The highest BCUT2D eigenvalue weighted by Crippen LogP contribution is 2.53. The van der Waals surface area contributed by atoms with Crippen molar-refractivity contribution in [3.05, 3.63) is 64.8 Å². The Bertz CT molecular complexity index is 1120. The van der Waals surface area contributed by atoms with E-state index < -0.39 is 7.82 Å². The van der Waals surface area contributed by atoms with Gasteiger partial charge >= 0.3 is 7.82 Å². The van der Waals surface area contributed by atoms with Crippen LogP contribution in [0, 0.1) is 0 Å². The summed E-state index contributed by atoms with van der Waals surface area (Å²) in [6.07, 6.45) is 3.24. The van der Waals surface area contributed by atoms with Gasteiger partial charge in [0, 0.05) is 25.3 Å². The predicted molar refractivity (Wildman–Crippen MR) is 105 cm³/mol. The second kappa shape index (κ2) is 6.71. The molecule has 3 aromatic rings. The van der Waals surface area contributed by atoms with Crippen molar-refractivity contribution >= 4 is 7.82 Å². The number of hydrogen-bond acceptors (Lipinski definition) is 5. The lowest BCUT2D eigenvalue weighted by Gasteiger charge is -2.41. The fourth-order valence-corrected chi connectivity index (χ4v) is 4.87. The van der Waals surface area contributed by atoms with Gasteiger partial charge < -0.3 is 9.63 Å². The van der Waals surface area contributed by atoms with Crippen molar-refractivity contribution in [2.45, 2.75) is 25.4 Å². The SMILES string of the molecule is O=P(O)(O)Oc1cc2c3c(c1O)-c1n[nH]cc1CC3N(Cc1ccccc1)CC2. The molecule has 2 heterocycles. The number of phenols is 1. The Morgan fingerprint density at radius 2 is 2.03 bits per heavy atom. The van der Waals surface area contributed by atoms with Gasteiger partial charge in [-0.05, 0) is 41.2 Å². The molecule has 2 aromatic carbocycles. The Kier molecular flexibility index (Phi) is 4.26. The fourth-order valence-electron chi connectivity index (χ4n) is 4.48. The molecule has 2 aliphatic rings. The first kappa shape index (κ1) is 18.4. The maximum atomic E-state index is 11.4. The van der Waals surface area contributed by atoms with Gasteiger partial charge in [0.1, 0.15) is 0 Å². The molecule has 0 saturated carbocycles. The van der Waals surface area contributed by atoms with Crippen molar-refractivity contribution in [3.63, 3.8) is 0 Å². The summed E-state index contributed by atoms with van der Waals surface area (Å²) in [4.78, 5) is 20.9. The number of aromatic amines is 1. The number of phosphoric acid groups is 1. The number of fused-ring (bicyclic) bond motifs is 2. The lowest BCUT2D eigenvalue weighted by molar-refractivity contribution is 0.173. The molecule has 1 atom stereocenters. The topological polar surface area (TPSA) is 119 Å². The van der Waals surface area contributed by atoms with Gasteiger partial charge in [-0.3, -0.25) is 19.8 Å². The van der Waals surface area contributed by atoms with E-state index in [0.29, 0.717) is 17.7 Å². The smallest absolute Gasteiger partial charge is 0.504 e. The quantitative estimate of drug-likeness (QED) is 0.486. The normalized spacial score (nSPS) is 18.2. The minimum atomic E-state index is -4.80. The summed E-state index contributed by atoms with van der Waals surface area (Å²) in [7, 11) is -4.80. The number of aromatic nitrogens is 2. The number of nitrogens with one attached hydrogen (secondary N) is 1. The number of nitrogens with zero attached hydrogens (tertiary/aromatic N) is 2. The molecule has 0 spiro atoms. The Balaban J connectivity index is 1.63. The summed E-state index contributed by atoms with van der Waals surface area (Å²) in [5.74, 6) is -0.495. The lowest BCUT2D eigenvalue weighted by atomic mass is 9.79. The van der Waals surface area contributed by atoms with E-state index in [0.717, 1.165) is 36.2 Å². The molecule has 0 bridgehead atoms. The average Bonchev–Trinajstić information content (AvgIpc) is 3.14. The first-order valence-electron chi connectivity index (χ1n) is 9.35. The lowest BCUT2D eigenvalue weighted by Crippen LogP contribution is -2.38. The highest BCUT2D eigenvalue weighted by Gasteiger charge is 2.39. The molecule has 1 aromatic heterocycles. The molecular weight excluding hydrogens is 393 g/mol. The third-order valence-corrected chi connectivity index (χ3v) is 6.08. The standard InChI is InChI=1S/C20H20N3O5P/c24-20-16(28-29(25,26)27)9-13-6-7-23(11-12-4-2-1-3-5-12)15-8-14-10-21-22-19(14)18(20)17(13)15/h1-5,9-10,15,24H,6-8,11H2,(H,21,22)(H2,25,26,27). The number of hydrogen-bond donors (Lipinski definition) is 4. The van der Waals surface area contributed by atoms with Crippen LogP contribution in [0.5, 0.6) is 11.5 Å². The zero-order valence-corrected chi connectivity index (χ0v) is 16.3. The van der Waals surface area contributed by atoms with E-state index in [1.807, 2.05) is 24.4 Å². The Hall–Kier alpha value is -2.64. The summed E-state index contributed by atoms with van der Waals surface area (Å²) in [6.45, 7) is 1.57. The maximum absolute atomic E-state index is 11.4. The van der Waals surface area contributed by atoms with E-state index in [2.05, 4.69) is 27.2 Å². The Morgan fingerprint density at radius 1 is 1.24 bits per heavy atom. The second-order valence-corrected chi connectivity index (χ2v) is 8.60. The van der Waals surface area contributed by atoms with Crippen molar-refractivity contribution in [1.29, 1.82) is 0 Å². The third kappa shape index (κ3) is 3.24. The summed E-state index contributed by atoms with van der Waals surface area (Å²) in [5.41, 5.74) is 5.15. The van der Waals surface area contributed by atoms with E-state index >= 15 is 0 Å². The number of aromatic hydroxyl groups is 1. The molecule has 8 nitrogen and oxygen atoms in total. The van der Waals surface area contributed by atoms with Crippen molar-refractivity contribution in [3.8, 4) is 22.8 Å².